The fraction of sp³-hybridized carbons (Fsp3) is 0.444. The largest absolute Gasteiger partial charge is 0.480 e. The Bertz CT molecular complexity index is 395. The number of hydrogen-bond donors (Lipinski definition) is 2. The second-order valence-electron chi connectivity index (χ2n) is 3.73. The van der Waals surface area contributed by atoms with Gasteiger partial charge in [0.05, 0.1) is 0 Å². The summed E-state index contributed by atoms with van der Waals surface area (Å²) < 4.78 is 4.58. The van der Waals surface area contributed by atoms with Crippen molar-refractivity contribution in [2.45, 2.75) is 26.3 Å². The summed E-state index contributed by atoms with van der Waals surface area (Å²) in [5, 5.41) is 14.6. The van der Waals surface area contributed by atoms with Crippen molar-refractivity contribution in [2.24, 2.45) is 0 Å². The summed E-state index contributed by atoms with van der Waals surface area (Å²) in [4.78, 5) is 22.3. The SMILES string of the molecule is Cc1conc1C(=O)NC(C)(C)C(=O)O. The maximum Gasteiger partial charge on any atom is 0.328 e. The lowest BCUT2D eigenvalue weighted by atomic mass is 10.1. The molecule has 0 bridgehead atoms. The van der Waals surface area contributed by atoms with Crippen LogP contribution >= 0.6 is 0 Å². The van der Waals surface area contributed by atoms with Crippen molar-refractivity contribution in [1.82, 2.24) is 10.5 Å². The highest BCUT2D eigenvalue weighted by Gasteiger charge is 2.30. The van der Waals surface area contributed by atoms with Gasteiger partial charge in [-0.25, -0.2) is 4.79 Å². The Morgan fingerprint density at radius 1 is 1.53 bits per heavy atom. The van der Waals surface area contributed by atoms with Gasteiger partial charge in [-0.1, -0.05) is 5.16 Å². The number of carboxylic acid groups (broad SMARTS) is 1. The predicted molar refractivity (Wildman–Crippen MR) is 50.4 cm³/mol. The minimum Gasteiger partial charge on any atom is -0.480 e. The molecule has 1 rings (SSSR count). The van der Waals surface area contributed by atoms with Crippen LogP contribution in [0.4, 0.5) is 0 Å². The quantitative estimate of drug-likeness (QED) is 0.764. The number of carbonyl (C=O) groups excluding carboxylic acids is 1. The van der Waals surface area contributed by atoms with E-state index >= 15 is 0 Å². The highest BCUT2D eigenvalue weighted by atomic mass is 16.5. The minimum atomic E-state index is -1.33. The molecule has 0 aliphatic heterocycles. The number of aromatic nitrogens is 1. The number of amides is 1. The molecule has 1 amide bonds. The highest BCUT2D eigenvalue weighted by Crippen LogP contribution is 2.08. The first-order valence-electron chi connectivity index (χ1n) is 4.31. The maximum atomic E-state index is 11.5. The molecule has 1 aromatic heterocycles. The minimum absolute atomic E-state index is 0.101. The molecule has 15 heavy (non-hydrogen) atoms. The van der Waals surface area contributed by atoms with Crippen LogP contribution in [0.3, 0.4) is 0 Å². The first-order valence-corrected chi connectivity index (χ1v) is 4.31. The van der Waals surface area contributed by atoms with Crippen molar-refractivity contribution in [2.75, 3.05) is 0 Å². The van der Waals surface area contributed by atoms with E-state index in [9.17, 15) is 9.59 Å². The molecule has 0 saturated carbocycles. The molecule has 0 aliphatic rings. The second-order valence-corrected chi connectivity index (χ2v) is 3.73. The van der Waals surface area contributed by atoms with Gasteiger partial charge in [-0.2, -0.15) is 0 Å². The van der Waals surface area contributed by atoms with E-state index in [1.165, 1.54) is 20.1 Å². The number of hydrogen-bond acceptors (Lipinski definition) is 4. The van der Waals surface area contributed by atoms with Gasteiger partial charge in [-0.15, -0.1) is 0 Å². The number of aryl methyl sites for hydroxylation is 1. The van der Waals surface area contributed by atoms with E-state index in [0.717, 1.165) is 0 Å². The van der Waals surface area contributed by atoms with Gasteiger partial charge in [-0.3, -0.25) is 4.79 Å². The summed E-state index contributed by atoms with van der Waals surface area (Å²) in [5.41, 5.74) is -0.666. The fourth-order valence-electron chi connectivity index (χ4n) is 0.903. The Balaban J connectivity index is 2.81. The molecular weight excluding hydrogens is 200 g/mol. The molecule has 0 atom stereocenters. The van der Waals surface area contributed by atoms with E-state index in [1.807, 2.05) is 0 Å². The number of nitrogens with zero attached hydrogens (tertiary/aromatic N) is 1. The van der Waals surface area contributed by atoms with Gasteiger partial charge in [0.1, 0.15) is 11.8 Å². The number of rotatable bonds is 3. The molecular formula is C9H12N2O4. The third-order valence-electron chi connectivity index (χ3n) is 1.92. The normalized spacial score (nSPS) is 11.1. The van der Waals surface area contributed by atoms with E-state index in [0.29, 0.717) is 5.56 Å². The third-order valence-corrected chi connectivity index (χ3v) is 1.92. The molecule has 0 radical (unpaired) electrons. The van der Waals surface area contributed by atoms with Gasteiger partial charge in [0.2, 0.25) is 0 Å². The molecule has 0 aliphatic carbocycles. The number of nitrogens with one attached hydrogen (secondary N) is 1. The predicted octanol–water partition coefficient (Wildman–Crippen LogP) is 0.576. The monoisotopic (exact) mass is 212 g/mol. The summed E-state index contributed by atoms with van der Waals surface area (Å²) in [7, 11) is 0. The second kappa shape index (κ2) is 3.72. The number of carbonyl (C=O) groups is 2. The van der Waals surface area contributed by atoms with Crippen LogP contribution in [-0.4, -0.2) is 27.7 Å². The summed E-state index contributed by atoms with van der Waals surface area (Å²) in [5.74, 6) is -1.68. The van der Waals surface area contributed by atoms with Crippen LogP contribution in [0.1, 0.15) is 29.9 Å². The van der Waals surface area contributed by atoms with Crippen LogP contribution in [0.5, 0.6) is 0 Å². The van der Waals surface area contributed by atoms with Crippen LogP contribution in [0.2, 0.25) is 0 Å². The molecule has 2 N–H and O–H groups in total. The zero-order chi connectivity index (χ0) is 11.6. The zero-order valence-electron chi connectivity index (χ0n) is 8.70. The Kier molecular flexibility index (Phi) is 2.78. The van der Waals surface area contributed by atoms with Gasteiger partial charge in [0.25, 0.3) is 5.91 Å². The van der Waals surface area contributed by atoms with Gasteiger partial charge in [0, 0.05) is 5.56 Å². The average molecular weight is 212 g/mol. The Labute approximate surface area is 86.3 Å². The van der Waals surface area contributed by atoms with Gasteiger partial charge in [0.15, 0.2) is 5.69 Å². The Morgan fingerprint density at radius 3 is 2.53 bits per heavy atom. The first kappa shape index (κ1) is 11.2. The molecule has 0 saturated heterocycles. The van der Waals surface area contributed by atoms with E-state index in [2.05, 4.69) is 15.0 Å². The lowest BCUT2D eigenvalue weighted by molar-refractivity contribution is -0.143. The van der Waals surface area contributed by atoms with Crippen molar-refractivity contribution in [1.29, 1.82) is 0 Å². The highest BCUT2D eigenvalue weighted by molar-refractivity contribution is 5.96. The summed E-state index contributed by atoms with van der Waals surface area (Å²) in [6.45, 7) is 4.43. The van der Waals surface area contributed by atoms with Crippen LogP contribution in [0, 0.1) is 6.92 Å². The first-order chi connectivity index (χ1) is 6.84. The van der Waals surface area contributed by atoms with Crippen molar-refractivity contribution in [3.63, 3.8) is 0 Å². The van der Waals surface area contributed by atoms with E-state index in [4.69, 9.17) is 5.11 Å². The Hall–Kier alpha value is -1.85. The van der Waals surface area contributed by atoms with E-state index < -0.39 is 17.4 Å². The Morgan fingerprint density at radius 2 is 2.13 bits per heavy atom. The maximum absolute atomic E-state index is 11.5. The lowest BCUT2D eigenvalue weighted by Gasteiger charge is -2.20. The van der Waals surface area contributed by atoms with Gasteiger partial charge < -0.3 is 14.9 Å². The lowest BCUT2D eigenvalue weighted by Crippen LogP contribution is -2.49. The summed E-state index contributed by atoms with van der Waals surface area (Å²) >= 11 is 0. The topological polar surface area (TPSA) is 92.4 Å². The number of carboxylic acids is 1. The van der Waals surface area contributed by atoms with E-state index in [1.54, 1.807) is 6.92 Å². The average Bonchev–Trinajstić information content (AvgIpc) is 2.50. The van der Waals surface area contributed by atoms with Crippen molar-refractivity contribution in [3.05, 3.63) is 17.5 Å². The third kappa shape index (κ3) is 2.34. The zero-order valence-corrected chi connectivity index (χ0v) is 8.70. The molecule has 6 heteroatoms. The van der Waals surface area contributed by atoms with Crippen molar-refractivity contribution < 1.29 is 19.2 Å². The molecule has 0 unspecified atom stereocenters. The smallest absolute Gasteiger partial charge is 0.328 e. The summed E-state index contributed by atoms with van der Waals surface area (Å²) in [6, 6.07) is 0. The van der Waals surface area contributed by atoms with E-state index in [-0.39, 0.29) is 5.69 Å². The fourth-order valence-corrected chi connectivity index (χ4v) is 0.903. The van der Waals surface area contributed by atoms with Crippen LogP contribution in [0.15, 0.2) is 10.8 Å². The molecule has 1 heterocycles. The summed E-state index contributed by atoms with van der Waals surface area (Å²) in [6.07, 6.45) is 1.32. The van der Waals surface area contributed by atoms with Crippen LogP contribution in [0.25, 0.3) is 0 Å². The van der Waals surface area contributed by atoms with Gasteiger partial charge in [-0.05, 0) is 20.8 Å². The molecule has 0 aromatic carbocycles. The molecule has 0 spiro atoms. The molecule has 82 valence electrons. The van der Waals surface area contributed by atoms with Crippen molar-refractivity contribution in [3.8, 4) is 0 Å². The molecule has 1 aromatic rings. The number of aliphatic carboxylic acids is 1. The van der Waals surface area contributed by atoms with Crippen LogP contribution < -0.4 is 5.32 Å². The van der Waals surface area contributed by atoms with Crippen LogP contribution in [-0.2, 0) is 4.79 Å². The molecule has 6 nitrogen and oxygen atoms in total. The van der Waals surface area contributed by atoms with Crippen molar-refractivity contribution >= 4 is 11.9 Å². The molecule has 0 fully saturated rings. The van der Waals surface area contributed by atoms with Gasteiger partial charge >= 0.3 is 5.97 Å². The standard InChI is InChI=1S/C9H12N2O4/c1-5-4-15-11-6(5)7(12)10-9(2,3)8(13)14/h4H,1-3H3,(H,10,12)(H,13,14).